The van der Waals surface area contributed by atoms with Crippen molar-refractivity contribution >= 4 is 11.9 Å². The number of hydrogen-bond donors (Lipinski definition) is 0. The van der Waals surface area contributed by atoms with Crippen LogP contribution in [0.15, 0.2) is 60.7 Å². The molecular weight excluding hydrogens is 344 g/mol. The highest BCUT2D eigenvalue weighted by Gasteiger charge is 2.37. The monoisotopic (exact) mass is 368 g/mol. The molecule has 1 fully saturated rings. The zero-order valence-electron chi connectivity index (χ0n) is 15.4. The summed E-state index contributed by atoms with van der Waals surface area (Å²) in [6, 6.07) is 19.9. The minimum atomic E-state index is -0.437. The Kier molecular flexibility index (Phi) is 6.60. The summed E-state index contributed by atoms with van der Waals surface area (Å²) in [7, 11) is 1.32. The fourth-order valence-corrected chi connectivity index (χ4v) is 3.30. The molecule has 1 aliphatic heterocycles. The Morgan fingerprint density at radius 3 is 2.44 bits per heavy atom. The molecule has 1 aliphatic rings. The van der Waals surface area contributed by atoms with E-state index < -0.39 is 11.9 Å². The number of carbonyl (C=O) groups excluding carboxylic acids is 2. The van der Waals surface area contributed by atoms with E-state index in [1.54, 1.807) is 0 Å². The Bertz CT molecular complexity index is 744. The first-order valence-electron chi connectivity index (χ1n) is 9.13. The van der Waals surface area contributed by atoms with Crippen LogP contribution in [0, 0.1) is 5.92 Å². The van der Waals surface area contributed by atoms with Crippen LogP contribution >= 0.6 is 0 Å². The summed E-state index contributed by atoms with van der Waals surface area (Å²) in [5.74, 6) is -1.16. The van der Waals surface area contributed by atoms with E-state index in [-0.39, 0.29) is 24.6 Å². The maximum absolute atomic E-state index is 12.1. The van der Waals surface area contributed by atoms with E-state index in [9.17, 15) is 9.59 Å². The van der Waals surface area contributed by atoms with Gasteiger partial charge in [-0.25, -0.2) is 0 Å². The molecule has 0 amide bonds. The maximum Gasteiger partial charge on any atom is 0.309 e. The lowest BCUT2D eigenvalue weighted by molar-refractivity contribution is -0.150. The van der Waals surface area contributed by atoms with Crippen LogP contribution in [0.3, 0.4) is 0 Å². The second-order valence-electron chi connectivity index (χ2n) is 6.70. The van der Waals surface area contributed by atoms with Gasteiger partial charge in [-0.05, 0) is 17.5 Å². The van der Waals surface area contributed by atoms with Gasteiger partial charge in [0.1, 0.15) is 6.10 Å². The van der Waals surface area contributed by atoms with E-state index in [0.717, 1.165) is 11.1 Å². The van der Waals surface area contributed by atoms with Crippen LogP contribution in [0.4, 0.5) is 0 Å². The lowest BCUT2D eigenvalue weighted by Gasteiger charge is -2.21. The second-order valence-corrected chi connectivity index (χ2v) is 6.70. The summed E-state index contributed by atoms with van der Waals surface area (Å²) in [6.07, 6.45) is 0.660. The standard InChI is InChI=1S/C22H24O5/c1-25-21(23)13-18-12-19(27-22(18)24)14-20(17-10-6-3-7-11-17)26-15-16-8-4-2-5-9-16/h2-11,18-20H,12-15H2,1H3/t18?,19-,20-/m1/s1. The van der Waals surface area contributed by atoms with E-state index in [4.69, 9.17) is 9.47 Å². The van der Waals surface area contributed by atoms with Crippen molar-refractivity contribution in [1.82, 2.24) is 0 Å². The fourth-order valence-electron chi connectivity index (χ4n) is 3.30. The molecule has 0 bridgehead atoms. The molecule has 1 unspecified atom stereocenters. The minimum Gasteiger partial charge on any atom is -0.469 e. The Morgan fingerprint density at radius 1 is 1.11 bits per heavy atom. The molecule has 27 heavy (non-hydrogen) atoms. The van der Waals surface area contributed by atoms with E-state index in [2.05, 4.69) is 4.74 Å². The minimum absolute atomic E-state index is 0.0622. The van der Waals surface area contributed by atoms with Gasteiger partial charge in [0.25, 0.3) is 0 Å². The van der Waals surface area contributed by atoms with E-state index in [1.807, 2.05) is 60.7 Å². The maximum atomic E-state index is 12.1. The van der Waals surface area contributed by atoms with Crippen molar-refractivity contribution in [3.63, 3.8) is 0 Å². The van der Waals surface area contributed by atoms with Crippen LogP contribution in [-0.2, 0) is 30.4 Å². The lowest BCUT2D eigenvalue weighted by atomic mass is 9.96. The summed E-state index contributed by atoms with van der Waals surface area (Å²) in [5, 5.41) is 0. The van der Waals surface area contributed by atoms with Crippen molar-refractivity contribution in [1.29, 1.82) is 0 Å². The molecule has 3 rings (SSSR count). The fraction of sp³-hybridized carbons (Fsp3) is 0.364. The summed E-state index contributed by atoms with van der Waals surface area (Å²) < 4.78 is 16.3. The summed E-state index contributed by atoms with van der Waals surface area (Å²) in [4.78, 5) is 23.5. The van der Waals surface area contributed by atoms with E-state index >= 15 is 0 Å². The summed E-state index contributed by atoms with van der Waals surface area (Å²) >= 11 is 0. The van der Waals surface area contributed by atoms with Crippen molar-refractivity contribution in [2.24, 2.45) is 5.92 Å². The molecular formula is C22H24O5. The molecule has 5 heteroatoms. The quantitative estimate of drug-likeness (QED) is 0.663. The van der Waals surface area contributed by atoms with E-state index in [1.165, 1.54) is 7.11 Å². The second kappa shape index (κ2) is 9.33. The molecule has 1 saturated heterocycles. The highest BCUT2D eigenvalue weighted by atomic mass is 16.6. The predicted octanol–water partition coefficient (Wildman–Crippen LogP) is 3.83. The number of carbonyl (C=O) groups is 2. The topological polar surface area (TPSA) is 61.8 Å². The Morgan fingerprint density at radius 2 is 1.78 bits per heavy atom. The first-order valence-corrected chi connectivity index (χ1v) is 9.13. The van der Waals surface area contributed by atoms with Gasteiger partial charge in [0.15, 0.2) is 0 Å². The first-order chi connectivity index (χ1) is 13.2. The number of cyclic esters (lactones) is 1. The van der Waals surface area contributed by atoms with Crippen LogP contribution in [0.2, 0.25) is 0 Å². The molecule has 2 aromatic rings. The van der Waals surface area contributed by atoms with Crippen molar-refractivity contribution in [3.05, 3.63) is 71.8 Å². The molecule has 0 aromatic heterocycles. The van der Waals surface area contributed by atoms with Crippen molar-refractivity contribution < 1.29 is 23.8 Å². The molecule has 0 radical (unpaired) electrons. The lowest BCUT2D eigenvalue weighted by Crippen LogP contribution is -2.15. The number of hydrogen-bond acceptors (Lipinski definition) is 5. The van der Waals surface area contributed by atoms with Gasteiger partial charge in [0, 0.05) is 6.42 Å². The molecule has 142 valence electrons. The van der Waals surface area contributed by atoms with Gasteiger partial charge in [-0.3, -0.25) is 9.59 Å². The number of esters is 2. The van der Waals surface area contributed by atoms with Gasteiger partial charge < -0.3 is 14.2 Å². The molecule has 0 saturated carbocycles. The number of ether oxygens (including phenoxy) is 3. The van der Waals surface area contributed by atoms with E-state index in [0.29, 0.717) is 19.4 Å². The van der Waals surface area contributed by atoms with Crippen LogP contribution < -0.4 is 0 Å². The van der Waals surface area contributed by atoms with Crippen molar-refractivity contribution in [2.45, 2.75) is 38.1 Å². The molecule has 2 aromatic carbocycles. The van der Waals surface area contributed by atoms with Gasteiger partial charge in [-0.1, -0.05) is 60.7 Å². The largest absolute Gasteiger partial charge is 0.469 e. The average Bonchev–Trinajstić information content (AvgIpc) is 3.05. The van der Waals surface area contributed by atoms with Crippen molar-refractivity contribution in [2.75, 3.05) is 7.11 Å². The van der Waals surface area contributed by atoms with Gasteiger partial charge in [-0.15, -0.1) is 0 Å². The van der Waals surface area contributed by atoms with Crippen LogP contribution in [-0.4, -0.2) is 25.2 Å². The molecule has 0 spiro atoms. The molecule has 3 atom stereocenters. The molecule has 0 N–H and O–H groups in total. The molecule has 5 nitrogen and oxygen atoms in total. The highest BCUT2D eigenvalue weighted by molar-refractivity contribution is 5.81. The van der Waals surface area contributed by atoms with Gasteiger partial charge in [0.2, 0.25) is 0 Å². The Balaban J connectivity index is 1.65. The predicted molar refractivity (Wildman–Crippen MR) is 99.7 cm³/mol. The highest BCUT2D eigenvalue weighted by Crippen LogP contribution is 2.33. The van der Waals surface area contributed by atoms with Gasteiger partial charge in [-0.2, -0.15) is 0 Å². The van der Waals surface area contributed by atoms with Crippen LogP contribution in [0.25, 0.3) is 0 Å². The zero-order valence-corrected chi connectivity index (χ0v) is 15.4. The summed E-state index contributed by atoms with van der Waals surface area (Å²) in [6.45, 7) is 0.479. The van der Waals surface area contributed by atoms with Crippen LogP contribution in [0.5, 0.6) is 0 Å². The van der Waals surface area contributed by atoms with Crippen molar-refractivity contribution in [3.8, 4) is 0 Å². The Hall–Kier alpha value is -2.66. The van der Waals surface area contributed by atoms with Gasteiger partial charge in [0.05, 0.1) is 32.2 Å². The Labute approximate surface area is 159 Å². The molecule has 1 heterocycles. The number of benzene rings is 2. The van der Waals surface area contributed by atoms with Crippen LogP contribution in [0.1, 0.15) is 36.5 Å². The third kappa shape index (κ3) is 5.41. The molecule has 0 aliphatic carbocycles. The third-order valence-electron chi connectivity index (χ3n) is 4.75. The smallest absolute Gasteiger partial charge is 0.309 e. The zero-order chi connectivity index (χ0) is 19.1. The normalized spacial score (nSPS) is 20.1. The average molecular weight is 368 g/mol. The third-order valence-corrected chi connectivity index (χ3v) is 4.75. The summed E-state index contributed by atoms with van der Waals surface area (Å²) in [5.41, 5.74) is 2.13. The number of rotatable bonds is 8. The SMILES string of the molecule is COC(=O)CC1C[C@H](C[C@@H](OCc2ccccc2)c2ccccc2)OC1=O. The van der Waals surface area contributed by atoms with Gasteiger partial charge >= 0.3 is 11.9 Å². The number of methoxy groups -OCH3 is 1. The first kappa shape index (κ1) is 19.1.